The molecule has 1 spiro atoms. The van der Waals surface area contributed by atoms with E-state index in [0.29, 0.717) is 58.1 Å². The summed E-state index contributed by atoms with van der Waals surface area (Å²) in [6.45, 7) is 2.51. The summed E-state index contributed by atoms with van der Waals surface area (Å²) in [4.78, 5) is 32.1. The van der Waals surface area contributed by atoms with E-state index < -0.39 is 17.5 Å². The molecular weight excluding hydrogens is 467 g/mol. The van der Waals surface area contributed by atoms with Crippen molar-refractivity contribution < 1.29 is 22.8 Å². The van der Waals surface area contributed by atoms with Crippen LogP contribution in [0.25, 0.3) is 0 Å². The van der Waals surface area contributed by atoms with E-state index in [0.717, 1.165) is 37.3 Å². The van der Waals surface area contributed by atoms with Crippen molar-refractivity contribution in [3.8, 4) is 0 Å². The molecule has 3 aliphatic rings. The maximum absolute atomic E-state index is 14.3. The summed E-state index contributed by atoms with van der Waals surface area (Å²) in [7, 11) is 0. The molecule has 192 valence electrons. The zero-order chi connectivity index (χ0) is 25.3. The van der Waals surface area contributed by atoms with Crippen molar-refractivity contribution in [2.24, 2.45) is 5.41 Å². The Morgan fingerprint density at radius 1 is 0.806 bits per heavy atom. The van der Waals surface area contributed by atoms with E-state index in [1.165, 1.54) is 4.90 Å². The second-order valence-electron chi connectivity index (χ2n) is 10.6. The van der Waals surface area contributed by atoms with Crippen LogP contribution in [0.3, 0.4) is 0 Å². The molecule has 5 rings (SSSR count). The van der Waals surface area contributed by atoms with Gasteiger partial charge in [-0.1, -0.05) is 43.2 Å². The monoisotopic (exact) mass is 499 g/mol. The van der Waals surface area contributed by atoms with E-state index in [-0.39, 0.29) is 29.0 Å². The third-order valence-electron chi connectivity index (χ3n) is 8.11. The van der Waals surface area contributed by atoms with Crippen LogP contribution in [-0.4, -0.2) is 60.4 Å². The lowest BCUT2D eigenvalue weighted by Crippen LogP contribution is -2.57. The molecule has 2 aromatic rings. The number of halogens is 3. The van der Waals surface area contributed by atoms with Gasteiger partial charge < -0.3 is 4.90 Å². The fourth-order valence-electron chi connectivity index (χ4n) is 6.25. The average Bonchev–Trinajstić information content (AvgIpc) is 3.29. The lowest BCUT2D eigenvalue weighted by molar-refractivity contribution is -0.156. The molecule has 1 aliphatic carbocycles. The number of hydrogen-bond donors (Lipinski definition) is 0. The van der Waals surface area contributed by atoms with Crippen LogP contribution in [0.4, 0.5) is 18.9 Å². The van der Waals surface area contributed by atoms with Crippen LogP contribution in [0.5, 0.6) is 0 Å². The molecule has 1 atom stereocenters. The topological polar surface area (TPSA) is 43.9 Å². The van der Waals surface area contributed by atoms with Crippen LogP contribution in [0.1, 0.15) is 44.1 Å². The normalized spacial score (nSPS) is 21.4. The third kappa shape index (κ3) is 5.14. The summed E-state index contributed by atoms with van der Waals surface area (Å²) in [5.41, 5.74) is 0.964. The summed E-state index contributed by atoms with van der Waals surface area (Å²) in [5.74, 6) is -3.20. The third-order valence-corrected chi connectivity index (χ3v) is 8.11. The van der Waals surface area contributed by atoms with Gasteiger partial charge in [0.2, 0.25) is 11.8 Å². The molecule has 3 fully saturated rings. The van der Waals surface area contributed by atoms with E-state index in [1.54, 1.807) is 4.90 Å². The molecule has 36 heavy (non-hydrogen) atoms. The number of carbonyl (C=O) groups excluding carboxylic acids is 2. The Kier molecular flexibility index (Phi) is 7.06. The molecule has 5 nitrogen and oxygen atoms in total. The second kappa shape index (κ2) is 10.2. The molecule has 2 saturated heterocycles. The lowest BCUT2D eigenvalue weighted by Gasteiger charge is -2.43. The Morgan fingerprint density at radius 2 is 1.42 bits per heavy atom. The highest BCUT2D eigenvalue weighted by Gasteiger charge is 2.47. The molecule has 2 aromatic carbocycles. The fraction of sp³-hybridized carbons (Fsp3) is 0.500. The number of rotatable bonds is 6. The van der Waals surface area contributed by atoms with Crippen molar-refractivity contribution in [3.63, 3.8) is 0 Å². The zero-order valence-electron chi connectivity index (χ0n) is 20.4. The van der Waals surface area contributed by atoms with Crippen LogP contribution in [0.15, 0.2) is 42.5 Å². The Balaban J connectivity index is 1.29. The van der Waals surface area contributed by atoms with Crippen molar-refractivity contribution in [1.29, 1.82) is 0 Å². The van der Waals surface area contributed by atoms with Gasteiger partial charge >= 0.3 is 0 Å². The van der Waals surface area contributed by atoms with Crippen molar-refractivity contribution in [1.82, 2.24) is 9.80 Å². The standard InChI is InChI=1S/C28H32F3N3O2/c29-22-15-24(31)25(16-23(22)30)33-12-10-32(11-13-33)19-21(14-20-6-2-1-3-7-20)34-26(35)17-28(18-27(34)36)8-4-5-9-28/h1-3,6-7,15-16,21H,4-5,8-14,17-19H2. The van der Waals surface area contributed by atoms with Gasteiger partial charge in [0.15, 0.2) is 11.6 Å². The first-order chi connectivity index (χ1) is 17.3. The van der Waals surface area contributed by atoms with Crippen LogP contribution in [0.2, 0.25) is 0 Å². The van der Waals surface area contributed by atoms with Gasteiger partial charge in [0, 0.05) is 57.7 Å². The Labute approximate surface area is 209 Å². The molecule has 1 saturated carbocycles. The predicted molar refractivity (Wildman–Crippen MR) is 131 cm³/mol. The minimum atomic E-state index is -1.20. The van der Waals surface area contributed by atoms with Gasteiger partial charge in [0.05, 0.1) is 11.7 Å². The molecule has 0 aromatic heterocycles. The van der Waals surface area contributed by atoms with E-state index in [9.17, 15) is 22.8 Å². The fourth-order valence-corrected chi connectivity index (χ4v) is 6.25. The molecule has 0 radical (unpaired) electrons. The minimum absolute atomic E-state index is 0.0534. The summed E-state index contributed by atoms with van der Waals surface area (Å²) < 4.78 is 41.3. The van der Waals surface area contributed by atoms with Crippen molar-refractivity contribution in [2.75, 3.05) is 37.6 Å². The molecule has 2 heterocycles. The number of benzene rings is 2. The first-order valence-corrected chi connectivity index (χ1v) is 12.8. The molecule has 1 unspecified atom stereocenters. The van der Waals surface area contributed by atoms with Crippen LogP contribution in [-0.2, 0) is 16.0 Å². The van der Waals surface area contributed by atoms with Crippen molar-refractivity contribution in [2.45, 2.75) is 51.0 Å². The molecule has 8 heteroatoms. The number of nitrogens with zero attached hydrogens (tertiary/aromatic N) is 3. The average molecular weight is 500 g/mol. The summed E-state index contributed by atoms with van der Waals surface area (Å²) in [5, 5.41) is 0. The van der Waals surface area contributed by atoms with E-state index >= 15 is 0 Å². The number of amides is 2. The minimum Gasteiger partial charge on any atom is -0.367 e. The molecular formula is C28H32F3N3O2. The summed E-state index contributed by atoms with van der Waals surface area (Å²) >= 11 is 0. The van der Waals surface area contributed by atoms with Gasteiger partial charge in [-0.25, -0.2) is 13.2 Å². The van der Waals surface area contributed by atoms with Gasteiger partial charge in [-0.2, -0.15) is 0 Å². The summed E-state index contributed by atoms with van der Waals surface area (Å²) in [6, 6.07) is 11.1. The van der Waals surface area contributed by atoms with Gasteiger partial charge in [-0.15, -0.1) is 0 Å². The Morgan fingerprint density at radius 3 is 2.06 bits per heavy atom. The smallest absolute Gasteiger partial charge is 0.230 e. The maximum Gasteiger partial charge on any atom is 0.230 e. The van der Waals surface area contributed by atoms with Crippen molar-refractivity contribution in [3.05, 3.63) is 65.5 Å². The van der Waals surface area contributed by atoms with Crippen LogP contribution >= 0.6 is 0 Å². The van der Waals surface area contributed by atoms with Gasteiger partial charge in [0.25, 0.3) is 0 Å². The highest BCUT2D eigenvalue weighted by molar-refractivity contribution is 5.99. The molecule has 2 aliphatic heterocycles. The molecule has 2 amide bonds. The van der Waals surface area contributed by atoms with Crippen molar-refractivity contribution >= 4 is 17.5 Å². The Hall–Kier alpha value is -2.87. The van der Waals surface area contributed by atoms with E-state index in [4.69, 9.17) is 0 Å². The highest BCUT2D eigenvalue weighted by atomic mass is 19.2. The molecule has 0 N–H and O–H groups in total. The SMILES string of the molecule is O=C1CC2(CCCC2)CC(=O)N1C(Cc1ccccc1)CN1CCN(c2cc(F)c(F)cc2F)CC1. The summed E-state index contributed by atoms with van der Waals surface area (Å²) in [6.07, 6.45) is 5.51. The number of piperidine rings is 1. The van der Waals surface area contributed by atoms with Crippen LogP contribution in [0, 0.1) is 22.9 Å². The first kappa shape index (κ1) is 24.8. The van der Waals surface area contributed by atoms with E-state index in [1.807, 2.05) is 30.3 Å². The van der Waals surface area contributed by atoms with Gasteiger partial charge in [0.1, 0.15) is 5.82 Å². The predicted octanol–water partition coefficient (Wildman–Crippen LogP) is 4.55. The highest BCUT2D eigenvalue weighted by Crippen LogP contribution is 2.47. The zero-order valence-corrected chi connectivity index (χ0v) is 20.4. The largest absolute Gasteiger partial charge is 0.367 e. The van der Waals surface area contributed by atoms with Gasteiger partial charge in [-0.3, -0.25) is 19.4 Å². The number of anilines is 1. The van der Waals surface area contributed by atoms with Gasteiger partial charge in [-0.05, 0) is 30.2 Å². The quantitative estimate of drug-likeness (QED) is 0.432. The number of carbonyl (C=O) groups is 2. The number of likely N-dealkylation sites (tertiary alicyclic amines) is 1. The number of imide groups is 1. The number of piperazine rings is 1. The number of hydrogen-bond acceptors (Lipinski definition) is 4. The van der Waals surface area contributed by atoms with Crippen LogP contribution < -0.4 is 4.90 Å². The maximum atomic E-state index is 14.3. The molecule has 0 bridgehead atoms. The first-order valence-electron chi connectivity index (χ1n) is 12.8. The second-order valence-corrected chi connectivity index (χ2v) is 10.6. The van der Waals surface area contributed by atoms with E-state index in [2.05, 4.69) is 4.90 Å². The lowest BCUT2D eigenvalue weighted by atomic mass is 9.76. The Bertz CT molecular complexity index is 1090.